The van der Waals surface area contributed by atoms with Crippen molar-refractivity contribution in [1.29, 1.82) is 0 Å². The Morgan fingerprint density at radius 3 is 2.10 bits per heavy atom. The highest BCUT2D eigenvalue weighted by molar-refractivity contribution is 8.01. The number of hydrogen-bond donors (Lipinski definition) is 1. The van der Waals surface area contributed by atoms with Crippen LogP contribution in [0, 0.1) is 0 Å². The van der Waals surface area contributed by atoms with Crippen molar-refractivity contribution in [3.63, 3.8) is 0 Å². The minimum Gasteiger partial charge on any atom is -0.278 e. The largest absolute Gasteiger partial charge is 0.278 e. The van der Waals surface area contributed by atoms with Gasteiger partial charge in [-0.3, -0.25) is 4.72 Å². The van der Waals surface area contributed by atoms with Crippen molar-refractivity contribution in [2.75, 3.05) is 16.2 Å². The lowest BCUT2D eigenvalue weighted by Gasteiger charge is -2.13. The van der Waals surface area contributed by atoms with E-state index in [-0.39, 0.29) is 21.3 Å². The van der Waals surface area contributed by atoms with Crippen molar-refractivity contribution in [3.05, 3.63) is 83.4 Å². The molecule has 31 heavy (non-hydrogen) atoms. The molecule has 3 aromatic rings. The minimum absolute atomic E-state index is 0.0845. The first-order chi connectivity index (χ1) is 14.7. The Hall–Kier alpha value is -2.00. The van der Waals surface area contributed by atoms with Crippen molar-refractivity contribution in [3.8, 4) is 0 Å². The third-order valence-corrected chi connectivity index (χ3v) is 9.25. The van der Waals surface area contributed by atoms with Gasteiger partial charge in [-0.15, -0.1) is 11.8 Å². The molecule has 0 aliphatic rings. The van der Waals surface area contributed by atoms with Crippen LogP contribution in [0.5, 0.6) is 0 Å². The molecule has 0 saturated heterocycles. The molecule has 0 bridgehead atoms. The predicted molar refractivity (Wildman–Crippen MR) is 127 cm³/mol. The van der Waals surface area contributed by atoms with E-state index in [1.54, 1.807) is 60.7 Å². The second kappa shape index (κ2) is 10.1. The lowest BCUT2D eigenvalue weighted by molar-refractivity contribution is 0.597. The summed E-state index contributed by atoms with van der Waals surface area (Å²) in [5.41, 5.74) is 1.47. The number of thioether (sulfide) groups is 1. The van der Waals surface area contributed by atoms with Gasteiger partial charge in [0, 0.05) is 15.7 Å². The third-order valence-electron chi connectivity index (χ3n) is 4.56. The van der Waals surface area contributed by atoms with Crippen molar-refractivity contribution >= 4 is 48.9 Å². The topological polar surface area (TPSA) is 80.3 Å². The van der Waals surface area contributed by atoms with Gasteiger partial charge in [-0.05, 0) is 60.5 Å². The molecule has 1 N–H and O–H groups in total. The standard InChI is InChI=1S/C22H22ClNO4S3/c1-2-17-7-11-20(12-8-17)31(27,28)24-21-5-3-4-6-22(21)29-15-16-30(25,26)19-13-9-18(23)10-14-19/h3-14,24H,2,15-16H2,1H3. The SMILES string of the molecule is CCc1ccc(S(=O)(=O)Nc2ccccc2SCCS(=O)(=O)c2ccc(Cl)cc2)cc1. The molecule has 0 amide bonds. The Labute approximate surface area is 192 Å². The summed E-state index contributed by atoms with van der Waals surface area (Å²) in [5.74, 6) is 0.188. The van der Waals surface area contributed by atoms with E-state index < -0.39 is 19.9 Å². The number of halogens is 1. The first-order valence-electron chi connectivity index (χ1n) is 9.53. The van der Waals surface area contributed by atoms with Gasteiger partial charge in [0.2, 0.25) is 0 Å². The van der Waals surface area contributed by atoms with Crippen molar-refractivity contribution in [2.45, 2.75) is 28.0 Å². The van der Waals surface area contributed by atoms with Crippen LogP contribution in [0.4, 0.5) is 5.69 Å². The summed E-state index contributed by atoms with van der Waals surface area (Å²) in [6.45, 7) is 2.00. The minimum atomic E-state index is -3.76. The van der Waals surface area contributed by atoms with E-state index in [2.05, 4.69) is 4.72 Å². The smallest absolute Gasteiger partial charge is 0.261 e. The van der Waals surface area contributed by atoms with Crippen LogP contribution in [0.15, 0.2) is 87.5 Å². The molecule has 0 aliphatic heterocycles. The van der Waals surface area contributed by atoms with Crippen LogP contribution in [0.2, 0.25) is 5.02 Å². The second-order valence-electron chi connectivity index (χ2n) is 6.72. The molecule has 164 valence electrons. The average molecular weight is 496 g/mol. The fraction of sp³-hybridized carbons (Fsp3) is 0.182. The first kappa shape index (κ1) is 23.7. The highest BCUT2D eigenvalue weighted by atomic mass is 35.5. The van der Waals surface area contributed by atoms with Crippen LogP contribution in [-0.4, -0.2) is 28.3 Å². The zero-order valence-corrected chi connectivity index (χ0v) is 20.0. The van der Waals surface area contributed by atoms with Crippen LogP contribution in [0.1, 0.15) is 12.5 Å². The Morgan fingerprint density at radius 1 is 0.839 bits per heavy atom. The molecule has 0 fully saturated rings. The highest BCUT2D eigenvalue weighted by Gasteiger charge is 2.18. The van der Waals surface area contributed by atoms with Crippen LogP contribution >= 0.6 is 23.4 Å². The predicted octanol–water partition coefficient (Wildman–Crippen LogP) is 5.27. The Balaban J connectivity index is 1.71. The normalized spacial score (nSPS) is 11.9. The van der Waals surface area contributed by atoms with E-state index in [0.717, 1.165) is 12.0 Å². The summed E-state index contributed by atoms with van der Waals surface area (Å²) < 4.78 is 53.2. The molecule has 0 saturated carbocycles. The molecule has 0 spiro atoms. The number of benzene rings is 3. The number of rotatable bonds is 9. The van der Waals surface area contributed by atoms with Gasteiger partial charge < -0.3 is 0 Å². The molecule has 0 atom stereocenters. The molecule has 9 heteroatoms. The number of sulfone groups is 1. The van der Waals surface area contributed by atoms with Gasteiger partial charge in [-0.1, -0.05) is 42.8 Å². The zero-order chi connectivity index (χ0) is 22.5. The van der Waals surface area contributed by atoms with E-state index in [1.165, 1.54) is 23.9 Å². The highest BCUT2D eigenvalue weighted by Crippen LogP contribution is 2.29. The summed E-state index contributed by atoms with van der Waals surface area (Å²) in [6, 6.07) is 19.7. The van der Waals surface area contributed by atoms with E-state index in [0.29, 0.717) is 15.6 Å². The van der Waals surface area contributed by atoms with Gasteiger partial charge in [-0.2, -0.15) is 0 Å². The van der Waals surface area contributed by atoms with E-state index in [9.17, 15) is 16.8 Å². The summed E-state index contributed by atoms with van der Waals surface area (Å²) in [4.78, 5) is 1.04. The number of nitrogens with one attached hydrogen (secondary N) is 1. The molecule has 3 aromatic carbocycles. The summed E-state index contributed by atoms with van der Waals surface area (Å²) in [5, 5.41) is 0.471. The first-order valence-corrected chi connectivity index (χ1v) is 14.0. The van der Waals surface area contributed by atoms with Crippen LogP contribution in [0.25, 0.3) is 0 Å². The average Bonchev–Trinajstić information content (AvgIpc) is 2.75. The van der Waals surface area contributed by atoms with Crippen LogP contribution < -0.4 is 4.72 Å². The lowest BCUT2D eigenvalue weighted by Crippen LogP contribution is -2.14. The monoisotopic (exact) mass is 495 g/mol. The van der Waals surface area contributed by atoms with Crippen molar-refractivity contribution in [1.82, 2.24) is 0 Å². The lowest BCUT2D eigenvalue weighted by atomic mass is 10.2. The molecule has 0 radical (unpaired) electrons. The molecule has 0 aromatic heterocycles. The van der Waals surface area contributed by atoms with Gasteiger partial charge >= 0.3 is 0 Å². The van der Waals surface area contributed by atoms with Crippen molar-refractivity contribution in [2.24, 2.45) is 0 Å². The molecule has 3 rings (SSSR count). The molecule has 5 nitrogen and oxygen atoms in total. The molecular weight excluding hydrogens is 474 g/mol. The molecule has 0 unspecified atom stereocenters. The fourth-order valence-electron chi connectivity index (χ4n) is 2.81. The summed E-state index contributed by atoms with van der Waals surface area (Å²) in [6.07, 6.45) is 0.826. The molecule has 0 heterocycles. The maximum atomic E-state index is 12.8. The maximum absolute atomic E-state index is 12.8. The Kier molecular flexibility index (Phi) is 7.69. The number of para-hydroxylation sites is 1. The Bertz CT molecular complexity index is 1240. The van der Waals surface area contributed by atoms with E-state index in [4.69, 9.17) is 11.6 Å². The quantitative estimate of drug-likeness (QED) is 0.409. The zero-order valence-electron chi connectivity index (χ0n) is 16.8. The number of aryl methyl sites for hydroxylation is 1. The van der Waals surface area contributed by atoms with Gasteiger partial charge in [0.1, 0.15) is 0 Å². The van der Waals surface area contributed by atoms with Crippen LogP contribution in [0.3, 0.4) is 0 Å². The summed E-state index contributed by atoms with van der Waals surface area (Å²) >= 11 is 7.10. The van der Waals surface area contributed by atoms with E-state index >= 15 is 0 Å². The van der Waals surface area contributed by atoms with E-state index in [1.807, 2.05) is 6.92 Å². The van der Waals surface area contributed by atoms with Crippen molar-refractivity contribution < 1.29 is 16.8 Å². The van der Waals surface area contributed by atoms with Gasteiger partial charge in [0.25, 0.3) is 10.0 Å². The molecule has 0 aliphatic carbocycles. The van der Waals surface area contributed by atoms with Gasteiger partial charge in [0.05, 0.1) is 21.2 Å². The van der Waals surface area contributed by atoms with Gasteiger partial charge in [0.15, 0.2) is 9.84 Å². The third kappa shape index (κ3) is 6.26. The van der Waals surface area contributed by atoms with Gasteiger partial charge in [-0.25, -0.2) is 16.8 Å². The Morgan fingerprint density at radius 2 is 1.45 bits per heavy atom. The summed E-state index contributed by atoms with van der Waals surface area (Å²) in [7, 11) is -7.22. The van der Waals surface area contributed by atoms with Crippen LogP contribution in [-0.2, 0) is 26.3 Å². The number of anilines is 1. The number of sulfonamides is 1. The maximum Gasteiger partial charge on any atom is 0.261 e. The molecular formula is C22H22ClNO4S3. The number of hydrogen-bond acceptors (Lipinski definition) is 5. The second-order valence-corrected chi connectivity index (χ2v) is 12.1. The fourth-order valence-corrected chi connectivity index (χ4v) is 6.74.